The minimum atomic E-state index is -0.121. The van der Waals surface area contributed by atoms with Gasteiger partial charge in [-0.3, -0.25) is 4.79 Å². The Balaban J connectivity index is 2.40. The highest BCUT2D eigenvalue weighted by Crippen LogP contribution is 2.22. The summed E-state index contributed by atoms with van der Waals surface area (Å²) in [6.45, 7) is 2.11. The Hall–Kier alpha value is -0.830. The van der Waals surface area contributed by atoms with Crippen molar-refractivity contribution in [2.75, 3.05) is 7.11 Å². The number of esters is 1. The molecule has 16 heavy (non-hydrogen) atoms. The predicted octanol–water partition coefficient (Wildman–Crippen LogP) is 3.64. The van der Waals surface area contributed by atoms with Crippen LogP contribution in [0.1, 0.15) is 30.4 Å². The number of halogens is 1. The summed E-state index contributed by atoms with van der Waals surface area (Å²) in [6.07, 6.45) is 3.41. The molecule has 0 radical (unpaired) electrons. The second-order valence-electron chi connectivity index (χ2n) is 3.82. The van der Waals surface area contributed by atoms with Crippen molar-refractivity contribution in [3.63, 3.8) is 0 Å². The average Bonchev–Trinajstić information content (AvgIpc) is 2.27. The van der Waals surface area contributed by atoms with Gasteiger partial charge in [-0.05, 0) is 43.4 Å². The number of carbonyl (C=O) groups excluding carboxylic acids is 1. The lowest BCUT2D eigenvalue weighted by Crippen LogP contribution is -2.00. The van der Waals surface area contributed by atoms with Gasteiger partial charge < -0.3 is 4.74 Å². The zero-order chi connectivity index (χ0) is 12.0. The van der Waals surface area contributed by atoms with Crippen LogP contribution in [0.15, 0.2) is 22.7 Å². The first-order valence-corrected chi connectivity index (χ1v) is 6.25. The number of rotatable bonds is 5. The fraction of sp³-hybridized carbons (Fsp3) is 0.462. The molecule has 2 nitrogen and oxygen atoms in total. The minimum Gasteiger partial charge on any atom is -0.469 e. The smallest absolute Gasteiger partial charge is 0.305 e. The van der Waals surface area contributed by atoms with Crippen LogP contribution in [0.5, 0.6) is 0 Å². The molecule has 0 N–H and O–H groups in total. The zero-order valence-electron chi connectivity index (χ0n) is 9.75. The van der Waals surface area contributed by atoms with Crippen molar-refractivity contribution in [2.24, 2.45) is 0 Å². The van der Waals surface area contributed by atoms with Gasteiger partial charge in [-0.1, -0.05) is 28.1 Å². The molecule has 1 aromatic carbocycles. The molecule has 0 aliphatic heterocycles. The average molecular weight is 285 g/mol. The van der Waals surface area contributed by atoms with E-state index < -0.39 is 0 Å². The molecule has 3 heteroatoms. The van der Waals surface area contributed by atoms with Crippen LogP contribution in [0.25, 0.3) is 0 Å². The van der Waals surface area contributed by atoms with E-state index in [1.165, 1.54) is 18.2 Å². The van der Waals surface area contributed by atoms with E-state index in [1.807, 2.05) is 6.07 Å². The van der Waals surface area contributed by atoms with Crippen molar-refractivity contribution >= 4 is 21.9 Å². The molecule has 0 aromatic heterocycles. The van der Waals surface area contributed by atoms with E-state index in [4.69, 9.17) is 0 Å². The van der Waals surface area contributed by atoms with E-state index in [-0.39, 0.29) is 5.97 Å². The van der Waals surface area contributed by atoms with E-state index in [1.54, 1.807) is 0 Å². The molecule has 1 aromatic rings. The molecule has 0 saturated carbocycles. The summed E-state index contributed by atoms with van der Waals surface area (Å²) in [4.78, 5) is 10.9. The van der Waals surface area contributed by atoms with Crippen LogP contribution in [0, 0.1) is 6.92 Å². The van der Waals surface area contributed by atoms with Gasteiger partial charge in [-0.25, -0.2) is 0 Å². The van der Waals surface area contributed by atoms with Crippen LogP contribution < -0.4 is 0 Å². The lowest BCUT2D eigenvalue weighted by atomic mass is 10.0. The number of hydrogen-bond donors (Lipinski definition) is 0. The van der Waals surface area contributed by atoms with Crippen molar-refractivity contribution in [3.05, 3.63) is 33.8 Å². The van der Waals surface area contributed by atoms with Gasteiger partial charge in [0.2, 0.25) is 0 Å². The van der Waals surface area contributed by atoms with E-state index in [2.05, 4.69) is 39.7 Å². The molecule has 0 spiro atoms. The number of benzene rings is 1. The molecule has 0 unspecified atom stereocenters. The Morgan fingerprint density at radius 2 is 2.12 bits per heavy atom. The zero-order valence-corrected chi connectivity index (χ0v) is 11.3. The molecule has 0 bridgehead atoms. The molecule has 0 heterocycles. The van der Waals surface area contributed by atoms with Gasteiger partial charge in [0.1, 0.15) is 0 Å². The Kier molecular flexibility index (Phi) is 5.53. The topological polar surface area (TPSA) is 26.3 Å². The molecular formula is C13H17BrO2. The van der Waals surface area contributed by atoms with Gasteiger partial charge in [0.15, 0.2) is 0 Å². The number of unbranched alkanes of at least 4 members (excludes halogenated alkanes) is 1. The third kappa shape index (κ3) is 3.97. The monoisotopic (exact) mass is 284 g/mol. The molecule has 0 aliphatic carbocycles. The Morgan fingerprint density at radius 3 is 2.75 bits per heavy atom. The first-order valence-electron chi connectivity index (χ1n) is 5.46. The van der Waals surface area contributed by atoms with E-state index in [0.717, 1.165) is 23.7 Å². The number of methoxy groups -OCH3 is 1. The molecule has 88 valence electrons. The predicted molar refractivity (Wildman–Crippen MR) is 68.5 cm³/mol. The summed E-state index contributed by atoms with van der Waals surface area (Å²) < 4.78 is 5.76. The third-order valence-corrected chi connectivity index (χ3v) is 3.38. The highest BCUT2D eigenvalue weighted by molar-refractivity contribution is 9.10. The molecule has 1 rings (SSSR count). The Bertz CT molecular complexity index is 341. The maximum absolute atomic E-state index is 10.9. The van der Waals surface area contributed by atoms with Crippen molar-refractivity contribution < 1.29 is 9.53 Å². The largest absolute Gasteiger partial charge is 0.469 e. The van der Waals surface area contributed by atoms with Crippen LogP contribution >= 0.6 is 15.9 Å². The third-order valence-electron chi connectivity index (χ3n) is 2.64. The Morgan fingerprint density at radius 1 is 1.38 bits per heavy atom. The maximum atomic E-state index is 10.9. The molecule has 0 aliphatic rings. The lowest BCUT2D eigenvalue weighted by molar-refractivity contribution is -0.140. The number of ether oxygens (including phenoxy) is 1. The second-order valence-corrected chi connectivity index (χ2v) is 4.67. The van der Waals surface area contributed by atoms with Crippen LogP contribution in [0.2, 0.25) is 0 Å². The van der Waals surface area contributed by atoms with E-state index >= 15 is 0 Å². The quantitative estimate of drug-likeness (QED) is 0.610. The first kappa shape index (κ1) is 13.2. The first-order chi connectivity index (χ1) is 7.65. The van der Waals surface area contributed by atoms with Gasteiger partial charge in [0.25, 0.3) is 0 Å². The van der Waals surface area contributed by atoms with E-state index in [9.17, 15) is 4.79 Å². The standard InChI is InChI=1S/C13H17BrO2/c1-10-6-5-8-12(14)11(10)7-3-4-9-13(15)16-2/h5-6,8H,3-4,7,9H2,1-2H3. The maximum Gasteiger partial charge on any atom is 0.305 e. The van der Waals surface area contributed by atoms with Crippen LogP contribution in [0.4, 0.5) is 0 Å². The SMILES string of the molecule is COC(=O)CCCCc1c(C)cccc1Br. The molecule has 0 amide bonds. The second kappa shape index (κ2) is 6.69. The molecule has 0 saturated heterocycles. The van der Waals surface area contributed by atoms with Gasteiger partial charge in [0.05, 0.1) is 7.11 Å². The van der Waals surface area contributed by atoms with Crippen LogP contribution in [-0.4, -0.2) is 13.1 Å². The highest BCUT2D eigenvalue weighted by atomic mass is 79.9. The summed E-state index contributed by atoms with van der Waals surface area (Å²) in [7, 11) is 1.43. The number of aryl methyl sites for hydroxylation is 1. The highest BCUT2D eigenvalue weighted by Gasteiger charge is 2.04. The minimum absolute atomic E-state index is 0.121. The summed E-state index contributed by atoms with van der Waals surface area (Å²) in [5.41, 5.74) is 2.64. The summed E-state index contributed by atoms with van der Waals surface area (Å²) in [5.74, 6) is -0.121. The van der Waals surface area contributed by atoms with Crippen LogP contribution in [-0.2, 0) is 16.0 Å². The van der Waals surface area contributed by atoms with Gasteiger partial charge in [-0.15, -0.1) is 0 Å². The number of hydrogen-bond acceptors (Lipinski definition) is 2. The Labute approximate surface area is 105 Å². The van der Waals surface area contributed by atoms with Crippen LogP contribution in [0.3, 0.4) is 0 Å². The van der Waals surface area contributed by atoms with Crippen molar-refractivity contribution in [1.82, 2.24) is 0 Å². The van der Waals surface area contributed by atoms with E-state index in [0.29, 0.717) is 6.42 Å². The van der Waals surface area contributed by atoms with Crippen molar-refractivity contribution in [2.45, 2.75) is 32.6 Å². The summed E-state index contributed by atoms with van der Waals surface area (Å²) >= 11 is 3.55. The molecule has 0 atom stereocenters. The summed E-state index contributed by atoms with van der Waals surface area (Å²) in [6, 6.07) is 6.21. The van der Waals surface area contributed by atoms with Gasteiger partial charge >= 0.3 is 5.97 Å². The van der Waals surface area contributed by atoms with Gasteiger partial charge in [0, 0.05) is 10.9 Å². The summed E-state index contributed by atoms with van der Waals surface area (Å²) in [5, 5.41) is 0. The lowest BCUT2D eigenvalue weighted by Gasteiger charge is -2.07. The fourth-order valence-electron chi connectivity index (χ4n) is 1.66. The normalized spacial score (nSPS) is 10.2. The van der Waals surface area contributed by atoms with Crippen molar-refractivity contribution in [1.29, 1.82) is 0 Å². The molecular weight excluding hydrogens is 268 g/mol. The van der Waals surface area contributed by atoms with Crippen molar-refractivity contribution in [3.8, 4) is 0 Å². The molecule has 0 fully saturated rings. The fourth-order valence-corrected chi connectivity index (χ4v) is 2.32. The number of carbonyl (C=O) groups is 1. The van der Waals surface area contributed by atoms with Gasteiger partial charge in [-0.2, -0.15) is 0 Å².